The Labute approximate surface area is 201 Å². The average Bonchev–Trinajstić information content (AvgIpc) is 2.87. The summed E-state index contributed by atoms with van der Waals surface area (Å²) in [5, 5.41) is 10.2. The number of aromatic nitrogens is 2. The summed E-state index contributed by atoms with van der Waals surface area (Å²) in [6.45, 7) is 1.55. The molecule has 0 aliphatic heterocycles. The largest absolute Gasteiger partial charge is 0.323 e. The minimum Gasteiger partial charge on any atom is -0.323 e. The van der Waals surface area contributed by atoms with Gasteiger partial charge in [0.2, 0.25) is 5.91 Å². The Hall–Kier alpha value is -4.23. The van der Waals surface area contributed by atoms with Gasteiger partial charge in [-0.25, -0.2) is 4.68 Å². The smallest absolute Gasteiger partial charge is 0.291 e. The number of rotatable bonds is 6. The number of hydrogen-bond acceptors (Lipinski definition) is 4. The molecule has 0 spiro atoms. The number of carbonyl (C=O) groups excluding carboxylic acids is 2. The van der Waals surface area contributed by atoms with E-state index in [4.69, 9.17) is 11.6 Å². The fraction of sp³-hybridized carbons (Fsp3) is 0.0769. The van der Waals surface area contributed by atoms with E-state index >= 15 is 0 Å². The zero-order chi connectivity index (χ0) is 24.1. The van der Waals surface area contributed by atoms with E-state index in [0.29, 0.717) is 22.0 Å². The molecule has 0 radical (unpaired) electrons. The zero-order valence-electron chi connectivity index (χ0n) is 18.2. The monoisotopic (exact) mass is 472 g/mol. The van der Waals surface area contributed by atoms with Crippen LogP contribution in [0.2, 0.25) is 5.02 Å². The normalized spacial score (nSPS) is 11.5. The van der Waals surface area contributed by atoms with Gasteiger partial charge in [-0.3, -0.25) is 14.4 Å². The van der Waals surface area contributed by atoms with Gasteiger partial charge in [0.05, 0.1) is 16.4 Å². The third-order valence-electron chi connectivity index (χ3n) is 5.17. The highest BCUT2D eigenvalue weighted by molar-refractivity contribution is 6.33. The van der Waals surface area contributed by atoms with E-state index < -0.39 is 23.4 Å². The first kappa shape index (κ1) is 22.9. The van der Waals surface area contributed by atoms with Gasteiger partial charge in [-0.1, -0.05) is 72.3 Å². The summed E-state index contributed by atoms with van der Waals surface area (Å²) in [4.78, 5) is 39.0. The van der Waals surface area contributed by atoms with Crippen molar-refractivity contribution in [2.45, 2.75) is 13.0 Å². The summed E-state index contributed by atoms with van der Waals surface area (Å²) in [6.07, 6.45) is 0. The molecule has 7 nitrogen and oxygen atoms in total. The van der Waals surface area contributed by atoms with Gasteiger partial charge in [0.1, 0.15) is 11.7 Å². The molecular formula is C26H21ClN4O3. The molecule has 0 saturated heterocycles. The van der Waals surface area contributed by atoms with Crippen LogP contribution in [0.1, 0.15) is 23.3 Å². The van der Waals surface area contributed by atoms with E-state index in [9.17, 15) is 14.4 Å². The maximum absolute atomic E-state index is 13.3. The van der Waals surface area contributed by atoms with Crippen LogP contribution in [-0.4, -0.2) is 21.6 Å². The Kier molecular flexibility index (Phi) is 6.85. The quantitative estimate of drug-likeness (QED) is 0.412. The molecule has 1 aromatic heterocycles. The lowest BCUT2D eigenvalue weighted by atomic mass is 10.1. The summed E-state index contributed by atoms with van der Waals surface area (Å²) in [5.41, 5.74) is 1.39. The van der Waals surface area contributed by atoms with Crippen molar-refractivity contribution in [1.29, 1.82) is 0 Å². The van der Waals surface area contributed by atoms with E-state index in [1.807, 2.05) is 30.3 Å². The van der Waals surface area contributed by atoms with Crippen LogP contribution in [0.4, 0.5) is 11.4 Å². The number of benzene rings is 3. The van der Waals surface area contributed by atoms with E-state index in [-0.39, 0.29) is 5.69 Å². The van der Waals surface area contributed by atoms with Gasteiger partial charge in [0.15, 0.2) is 0 Å². The summed E-state index contributed by atoms with van der Waals surface area (Å²) in [5.74, 6) is -0.920. The van der Waals surface area contributed by atoms with Crippen molar-refractivity contribution in [2.75, 3.05) is 10.6 Å². The van der Waals surface area contributed by atoms with Gasteiger partial charge in [-0.15, -0.1) is 0 Å². The van der Waals surface area contributed by atoms with Crippen LogP contribution in [-0.2, 0) is 4.79 Å². The van der Waals surface area contributed by atoms with Gasteiger partial charge in [0.25, 0.3) is 11.5 Å². The lowest BCUT2D eigenvalue weighted by molar-refractivity contribution is -0.119. The van der Waals surface area contributed by atoms with E-state index in [0.717, 1.165) is 10.2 Å². The standard InChI is InChI=1S/C26H21ClN4O3/c1-17(24(32)28-21-15-9-8-14-20(21)27)31-26(34)23(29-25(33)19-12-6-3-7-13-19)16-22(30-31)18-10-4-2-5-11-18/h2-17H,1H3,(H,28,32)(H,29,33). The lowest BCUT2D eigenvalue weighted by Crippen LogP contribution is -2.35. The van der Waals surface area contributed by atoms with Crippen LogP contribution >= 0.6 is 11.6 Å². The minimum atomic E-state index is -0.986. The first-order chi connectivity index (χ1) is 16.4. The van der Waals surface area contributed by atoms with Crippen molar-refractivity contribution < 1.29 is 9.59 Å². The first-order valence-electron chi connectivity index (χ1n) is 10.5. The Morgan fingerprint density at radius 1 is 0.853 bits per heavy atom. The van der Waals surface area contributed by atoms with Gasteiger partial charge in [-0.05, 0) is 37.3 Å². The van der Waals surface area contributed by atoms with Crippen molar-refractivity contribution in [2.24, 2.45) is 0 Å². The lowest BCUT2D eigenvalue weighted by Gasteiger charge is -2.17. The molecule has 3 aromatic carbocycles. The molecule has 0 aliphatic rings. The number of nitrogens with one attached hydrogen (secondary N) is 2. The van der Waals surface area contributed by atoms with Crippen molar-refractivity contribution in [3.63, 3.8) is 0 Å². The second kappa shape index (κ2) is 10.1. The molecule has 0 saturated carbocycles. The third-order valence-corrected chi connectivity index (χ3v) is 5.50. The number of amides is 2. The van der Waals surface area contributed by atoms with Crippen LogP contribution in [0.25, 0.3) is 11.3 Å². The van der Waals surface area contributed by atoms with Crippen molar-refractivity contribution >= 4 is 34.8 Å². The molecule has 2 N–H and O–H groups in total. The molecule has 1 atom stereocenters. The molecule has 170 valence electrons. The second-order valence-electron chi connectivity index (χ2n) is 7.52. The van der Waals surface area contributed by atoms with E-state index in [2.05, 4.69) is 15.7 Å². The molecular weight excluding hydrogens is 452 g/mol. The maximum Gasteiger partial charge on any atom is 0.291 e. The van der Waals surface area contributed by atoms with Crippen molar-refractivity contribution in [3.8, 4) is 11.3 Å². The van der Waals surface area contributed by atoms with Crippen molar-refractivity contribution in [3.05, 3.63) is 112 Å². The number of nitrogens with zero attached hydrogens (tertiary/aromatic N) is 2. The maximum atomic E-state index is 13.3. The predicted octanol–water partition coefficient (Wildman–Crippen LogP) is 5.02. The fourth-order valence-electron chi connectivity index (χ4n) is 3.31. The molecule has 1 heterocycles. The summed E-state index contributed by atoms with van der Waals surface area (Å²) < 4.78 is 1.06. The summed E-state index contributed by atoms with van der Waals surface area (Å²) in [7, 11) is 0. The molecule has 0 aliphatic carbocycles. The minimum absolute atomic E-state index is 0.0140. The van der Waals surface area contributed by atoms with Gasteiger partial charge in [-0.2, -0.15) is 5.10 Å². The predicted molar refractivity (Wildman–Crippen MR) is 133 cm³/mol. The molecule has 1 unspecified atom stereocenters. The highest BCUT2D eigenvalue weighted by Crippen LogP contribution is 2.23. The van der Waals surface area contributed by atoms with Gasteiger partial charge >= 0.3 is 0 Å². The van der Waals surface area contributed by atoms with Crippen LogP contribution in [0.3, 0.4) is 0 Å². The van der Waals surface area contributed by atoms with Crippen molar-refractivity contribution in [1.82, 2.24) is 9.78 Å². The number of halogens is 1. The Morgan fingerprint density at radius 2 is 1.47 bits per heavy atom. The molecule has 0 bridgehead atoms. The molecule has 2 amide bonds. The average molecular weight is 473 g/mol. The molecule has 34 heavy (non-hydrogen) atoms. The van der Waals surface area contributed by atoms with E-state index in [1.54, 1.807) is 61.5 Å². The number of para-hydroxylation sites is 1. The number of hydrogen-bond donors (Lipinski definition) is 2. The molecule has 4 rings (SSSR count). The van der Waals surface area contributed by atoms with E-state index in [1.165, 1.54) is 6.07 Å². The molecule has 8 heteroatoms. The highest BCUT2D eigenvalue weighted by atomic mass is 35.5. The Morgan fingerprint density at radius 3 is 2.15 bits per heavy atom. The number of anilines is 2. The third kappa shape index (κ3) is 5.05. The zero-order valence-corrected chi connectivity index (χ0v) is 19.0. The van der Waals surface area contributed by atoms with Gasteiger partial charge < -0.3 is 10.6 Å². The van der Waals surface area contributed by atoms with Gasteiger partial charge in [0, 0.05) is 11.1 Å². The topological polar surface area (TPSA) is 93.1 Å². The molecule has 0 fully saturated rings. The second-order valence-corrected chi connectivity index (χ2v) is 7.93. The van der Waals surface area contributed by atoms with Crippen LogP contribution in [0.15, 0.2) is 95.8 Å². The highest BCUT2D eigenvalue weighted by Gasteiger charge is 2.22. The fourth-order valence-corrected chi connectivity index (χ4v) is 3.49. The van der Waals surface area contributed by atoms with Crippen LogP contribution in [0.5, 0.6) is 0 Å². The Bertz CT molecular complexity index is 1390. The van der Waals surface area contributed by atoms with Crippen LogP contribution in [0, 0.1) is 0 Å². The first-order valence-corrected chi connectivity index (χ1v) is 10.9. The van der Waals surface area contributed by atoms with Crippen LogP contribution < -0.4 is 16.2 Å². The SMILES string of the molecule is CC(C(=O)Nc1ccccc1Cl)n1nc(-c2ccccc2)cc(NC(=O)c2ccccc2)c1=O. The molecule has 4 aromatic rings. The Balaban J connectivity index is 1.73. The summed E-state index contributed by atoms with van der Waals surface area (Å²) in [6, 6.07) is 25.1. The summed E-state index contributed by atoms with van der Waals surface area (Å²) >= 11 is 6.15. The number of carbonyl (C=O) groups is 2.